The van der Waals surface area contributed by atoms with Crippen molar-refractivity contribution in [3.05, 3.63) is 57.5 Å². The molecule has 2 nitrogen and oxygen atoms in total. The van der Waals surface area contributed by atoms with Gasteiger partial charge in [0.2, 0.25) is 0 Å². The van der Waals surface area contributed by atoms with E-state index in [2.05, 4.69) is 69.6 Å². The van der Waals surface area contributed by atoms with Gasteiger partial charge in [0.25, 0.3) is 0 Å². The Balaban J connectivity index is 1.87. The van der Waals surface area contributed by atoms with Crippen LogP contribution in [0, 0.1) is 6.92 Å². The third-order valence-electron chi connectivity index (χ3n) is 3.25. The number of nitrogens with zero attached hydrogens (tertiary/aromatic N) is 1. The van der Waals surface area contributed by atoms with Gasteiger partial charge in [0, 0.05) is 16.2 Å². The summed E-state index contributed by atoms with van der Waals surface area (Å²) in [5.41, 5.74) is 3.46. The number of nitrogens with one attached hydrogen (secondary N) is 1. The predicted octanol–water partition coefficient (Wildman–Crippen LogP) is 5.54. The SMILES string of the molecule is Cc1nc2ccc(NC(C)c3ccccc3Br)cc2s1. The van der Waals surface area contributed by atoms with E-state index in [0.717, 1.165) is 20.7 Å². The number of halogens is 1. The van der Waals surface area contributed by atoms with Crippen LogP contribution in [0.5, 0.6) is 0 Å². The third kappa shape index (κ3) is 2.72. The number of rotatable bonds is 3. The van der Waals surface area contributed by atoms with Gasteiger partial charge in [-0.3, -0.25) is 0 Å². The standard InChI is InChI=1S/C16H15BrN2S/c1-10(13-5-3-4-6-14(13)17)18-12-7-8-15-16(9-12)20-11(2)19-15/h3-10,18H,1-2H3. The Hall–Kier alpha value is -1.39. The van der Waals surface area contributed by atoms with Gasteiger partial charge in [-0.15, -0.1) is 11.3 Å². The predicted molar refractivity (Wildman–Crippen MR) is 90.5 cm³/mol. The molecule has 0 aliphatic rings. The molecule has 20 heavy (non-hydrogen) atoms. The quantitative estimate of drug-likeness (QED) is 0.673. The number of fused-ring (bicyclic) bond motifs is 1. The molecule has 0 aliphatic carbocycles. The van der Waals surface area contributed by atoms with Gasteiger partial charge in [0.1, 0.15) is 0 Å². The van der Waals surface area contributed by atoms with Gasteiger partial charge in [0.05, 0.1) is 15.2 Å². The van der Waals surface area contributed by atoms with Crippen molar-refractivity contribution in [3.8, 4) is 0 Å². The topological polar surface area (TPSA) is 24.9 Å². The monoisotopic (exact) mass is 346 g/mol. The van der Waals surface area contributed by atoms with Crippen molar-refractivity contribution in [2.45, 2.75) is 19.9 Å². The Morgan fingerprint density at radius 1 is 1.20 bits per heavy atom. The van der Waals surface area contributed by atoms with E-state index in [9.17, 15) is 0 Å². The summed E-state index contributed by atoms with van der Waals surface area (Å²) in [6.07, 6.45) is 0. The smallest absolute Gasteiger partial charge is 0.0907 e. The zero-order valence-electron chi connectivity index (χ0n) is 11.4. The van der Waals surface area contributed by atoms with E-state index < -0.39 is 0 Å². The third-order valence-corrected chi connectivity index (χ3v) is 4.91. The summed E-state index contributed by atoms with van der Waals surface area (Å²) in [6.45, 7) is 4.21. The molecule has 1 heterocycles. The van der Waals surface area contributed by atoms with Crippen LogP contribution in [0.15, 0.2) is 46.9 Å². The van der Waals surface area contributed by atoms with Crippen LogP contribution in [0.2, 0.25) is 0 Å². The molecular formula is C16H15BrN2S. The molecule has 0 fully saturated rings. The second-order valence-electron chi connectivity index (χ2n) is 4.80. The van der Waals surface area contributed by atoms with Crippen molar-refractivity contribution in [1.29, 1.82) is 0 Å². The summed E-state index contributed by atoms with van der Waals surface area (Å²) in [7, 11) is 0. The maximum atomic E-state index is 4.49. The van der Waals surface area contributed by atoms with Crippen molar-refractivity contribution in [1.82, 2.24) is 4.98 Å². The maximum absolute atomic E-state index is 4.49. The summed E-state index contributed by atoms with van der Waals surface area (Å²) >= 11 is 5.34. The average molecular weight is 347 g/mol. The van der Waals surface area contributed by atoms with Gasteiger partial charge in [-0.25, -0.2) is 4.98 Å². The molecule has 0 aliphatic heterocycles. The van der Waals surface area contributed by atoms with Crippen molar-refractivity contribution in [3.63, 3.8) is 0 Å². The fraction of sp³-hybridized carbons (Fsp3) is 0.188. The lowest BCUT2D eigenvalue weighted by molar-refractivity contribution is 0.879. The molecule has 4 heteroatoms. The number of aromatic nitrogens is 1. The molecule has 1 unspecified atom stereocenters. The van der Waals surface area contributed by atoms with E-state index in [1.807, 2.05) is 13.0 Å². The summed E-state index contributed by atoms with van der Waals surface area (Å²) in [4.78, 5) is 4.49. The van der Waals surface area contributed by atoms with Gasteiger partial charge in [-0.2, -0.15) is 0 Å². The zero-order valence-corrected chi connectivity index (χ0v) is 13.8. The van der Waals surface area contributed by atoms with Crippen LogP contribution in [-0.4, -0.2) is 4.98 Å². The lowest BCUT2D eigenvalue weighted by Crippen LogP contribution is -2.06. The van der Waals surface area contributed by atoms with Crippen LogP contribution in [0.4, 0.5) is 5.69 Å². The van der Waals surface area contributed by atoms with Gasteiger partial charge >= 0.3 is 0 Å². The van der Waals surface area contributed by atoms with Crippen LogP contribution >= 0.6 is 27.3 Å². The summed E-state index contributed by atoms with van der Waals surface area (Å²) in [5.74, 6) is 0. The Labute approximate surface area is 131 Å². The molecule has 3 rings (SSSR count). The first-order chi connectivity index (χ1) is 9.63. The highest BCUT2D eigenvalue weighted by Crippen LogP contribution is 2.29. The van der Waals surface area contributed by atoms with Crippen LogP contribution < -0.4 is 5.32 Å². The summed E-state index contributed by atoms with van der Waals surface area (Å²) in [6, 6.07) is 14.9. The lowest BCUT2D eigenvalue weighted by atomic mass is 10.1. The van der Waals surface area contributed by atoms with Crippen LogP contribution in [-0.2, 0) is 0 Å². The Morgan fingerprint density at radius 3 is 2.80 bits per heavy atom. The molecule has 3 aromatic rings. The fourth-order valence-corrected chi connectivity index (χ4v) is 3.78. The molecular weight excluding hydrogens is 332 g/mol. The van der Waals surface area contributed by atoms with E-state index in [1.54, 1.807) is 11.3 Å². The fourth-order valence-electron chi connectivity index (χ4n) is 2.28. The van der Waals surface area contributed by atoms with E-state index in [0.29, 0.717) is 0 Å². The molecule has 0 saturated carbocycles. The molecule has 1 aromatic heterocycles. The minimum absolute atomic E-state index is 0.247. The molecule has 102 valence electrons. The second kappa shape index (κ2) is 5.54. The van der Waals surface area contributed by atoms with Crippen molar-refractivity contribution in [2.24, 2.45) is 0 Å². The van der Waals surface area contributed by atoms with Gasteiger partial charge in [-0.1, -0.05) is 34.1 Å². The molecule has 1 N–H and O–H groups in total. The number of hydrogen-bond donors (Lipinski definition) is 1. The second-order valence-corrected chi connectivity index (χ2v) is 6.89. The first-order valence-corrected chi connectivity index (χ1v) is 8.12. The van der Waals surface area contributed by atoms with Gasteiger partial charge in [0.15, 0.2) is 0 Å². The highest BCUT2D eigenvalue weighted by molar-refractivity contribution is 9.10. The molecule has 0 bridgehead atoms. The minimum atomic E-state index is 0.247. The maximum Gasteiger partial charge on any atom is 0.0907 e. The highest BCUT2D eigenvalue weighted by Gasteiger charge is 2.09. The number of anilines is 1. The number of benzene rings is 2. The Morgan fingerprint density at radius 2 is 2.00 bits per heavy atom. The molecule has 0 radical (unpaired) electrons. The van der Waals surface area contributed by atoms with Crippen LogP contribution in [0.1, 0.15) is 23.5 Å². The number of thiazole rings is 1. The van der Waals surface area contributed by atoms with Crippen molar-refractivity contribution >= 4 is 43.2 Å². The first-order valence-electron chi connectivity index (χ1n) is 6.51. The summed E-state index contributed by atoms with van der Waals surface area (Å²) < 4.78 is 2.36. The summed E-state index contributed by atoms with van der Waals surface area (Å²) in [5, 5.41) is 4.66. The minimum Gasteiger partial charge on any atom is -0.378 e. The number of aryl methyl sites for hydroxylation is 1. The zero-order chi connectivity index (χ0) is 14.1. The van der Waals surface area contributed by atoms with E-state index in [1.165, 1.54) is 10.3 Å². The molecule has 0 saturated heterocycles. The van der Waals surface area contributed by atoms with E-state index in [4.69, 9.17) is 0 Å². The molecule has 0 spiro atoms. The lowest BCUT2D eigenvalue weighted by Gasteiger charge is -2.17. The van der Waals surface area contributed by atoms with Gasteiger partial charge in [-0.05, 0) is 43.7 Å². The molecule has 2 aromatic carbocycles. The van der Waals surface area contributed by atoms with E-state index in [-0.39, 0.29) is 6.04 Å². The highest BCUT2D eigenvalue weighted by atomic mass is 79.9. The largest absolute Gasteiger partial charge is 0.378 e. The molecule has 1 atom stereocenters. The van der Waals surface area contributed by atoms with Crippen LogP contribution in [0.25, 0.3) is 10.2 Å². The Kier molecular flexibility index (Phi) is 3.76. The van der Waals surface area contributed by atoms with Gasteiger partial charge < -0.3 is 5.32 Å². The molecule has 0 amide bonds. The Bertz CT molecular complexity index is 751. The van der Waals surface area contributed by atoms with E-state index >= 15 is 0 Å². The average Bonchev–Trinajstić information content (AvgIpc) is 2.78. The number of hydrogen-bond acceptors (Lipinski definition) is 3. The van der Waals surface area contributed by atoms with Crippen molar-refractivity contribution < 1.29 is 0 Å². The normalized spacial score (nSPS) is 12.6. The first kappa shape index (κ1) is 13.6. The van der Waals surface area contributed by atoms with Crippen molar-refractivity contribution in [2.75, 3.05) is 5.32 Å². The van der Waals surface area contributed by atoms with Crippen LogP contribution in [0.3, 0.4) is 0 Å².